The topological polar surface area (TPSA) is 0 Å². The molecule has 3 aromatic rings. The molecule has 0 nitrogen and oxygen atoms in total. The van der Waals surface area contributed by atoms with E-state index in [-0.39, 0.29) is 17.1 Å². The smallest absolute Gasteiger partial charge is 0 e. The predicted molar refractivity (Wildman–Crippen MR) is 78.9 cm³/mol. The van der Waals surface area contributed by atoms with E-state index < -0.39 is 0 Å². The van der Waals surface area contributed by atoms with Crippen LogP contribution in [0.4, 0.5) is 0 Å². The van der Waals surface area contributed by atoms with Crippen LogP contribution in [0.5, 0.6) is 0 Å². The summed E-state index contributed by atoms with van der Waals surface area (Å²) in [6.07, 6.45) is 0. The maximum atomic E-state index is 2.75. The van der Waals surface area contributed by atoms with Crippen LogP contribution in [0.2, 0.25) is 0 Å². The van der Waals surface area contributed by atoms with Gasteiger partial charge < -0.3 is 30.3 Å². The molecule has 0 saturated heterocycles. The molecule has 0 fully saturated rings. The van der Waals surface area contributed by atoms with Crippen LogP contribution >= 0.6 is 9.24 Å². The van der Waals surface area contributed by atoms with Gasteiger partial charge in [0.25, 0.3) is 0 Å². The Labute approximate surface area is 121 Å². The standard InChI is InChI=1S/C11H10P.C5H5.Fe/c12-11-8-4-3-7-10(11)9-5-1-2-6-9;1-2-4-5-3-1;/h1-8H,12H2;1-5H;/q-1;-5;. The maximum absolute atomic E-state index is 2.75. The summed E-state index contributed by atoms with van der Waals surface area (Å²) in [6.45, 7) is 0. The van der Waals surface area contributed by atoms with Crippen molar-refractivity contribution in [1.29, 1.82) is 0 Å². The van der Waals surface area contributed by atoms with Crippen molar-refractivity contribution in [2.75, 3.05) is 0 Å². The molecule has 1 unspecified atom stereocenters. The minimum absolute atomic E-state index is 0. The van der Waals surface area contributed by atoms with Crippen LogP contribution in [0.15, 0.2) is 78.9 Å². The molecule has 0 aromatic heterocycles. The first kappa shape index (κ1) is 14.9. The predicted octanol–water partition coefficient (Wildman–Crippen LogP) is 3.98. The van der Waals surface area contributed by atoms with E-state index in [1.165, 1.54) is 16.4 Å². The van der Waals surface area contributed by atoms with Gasteiger partial charge in [0.05, 0.1) is 0 Å². The first-order valence-electron chi connectivity index (χ1n) is 5.61. The van der Waals surface area contributed by atoms with E-state index in [9.17, 15) is 0 Å². The molecular weight excluding hydrogens is 279 g/mol. The molecule has 0 N–H and O–H groups in total. The molecule has 98 valence electrons. The molecule has 18 heavy (non-hydrogen) atoms. The molecule has 0 spiro atoms. The van der Waals surface area contributed by atoms with Crippen molar-refractivity contribution in [3.05, 3.63) is 78.9 Å². The number of benzene rings is 1. The van der Waals surface area contributed by atoms with Crippen molar-refractivity contribution in [2.24, 2.45) is 0 Å². The largest absolute Gasteiger partial charge is 0.748 e. The SMILES string of the molecule is Pc1ccccc1-[c-]1cccc1.[Fe].[cH-]1[cH-][cH-][cH-][cH-]1. The van der Waals surface area contributed by atoms with E-state index in [0.717, 1.165) is 0 Å². The zero-order chi connectivity index (χ0) is 11.9. The molecule has 0 amide bonds. The zero-order valence-corrected chi connectivity index (χ0v) is 12.2. The zero-order valence-electron chi connectivity index (χ0n) is 9.94. The Kier molecular flexibility index (Phi) is 6.68. The summed E-state index contributed by atoms with van der Waals surface area (Å²) in [5.74, 6) is 0. The van der Waals surface area contributed by atoms with Crippen LogP contribution in [-0.4, -0.2) is 0 Å². The van der Waals surface area contributed by atoms with E-state index in [2.05, 4.69) is 57.8 Å². The molecule has 0 radical (unpaired) electrons. The van der Waals surface area contributed by atoms with Crippen molar-refractivity contribution in [2.45, 2.75) is 0 Å². The van der Waals surface area contributed by atoms with Crippen LogP contribution in [0.25, 0.3) is 11.1 Å². The second kappa shape index (κ2) is 8.06. The van der Waals surface area contributed by atoms with Crippen molar-refractivity contribution in [3.63, 3.8) is 0 Å². The number of hydrogen-bond donors (Lipinski definition) is 0. The first-order chi connectivity index (χ1) is 8.38. The minimum atomic E-state index is 0. The molecule has 2 heteroatoms. The Morgan fingerprint density at radius 3 is 1.78 bits per heavy atom. The average molecular weight is 294 g/mol. The normalized spacial score (nSPS) is 8.94. The van der Waals surface area contributed by atoms with E-state index in [1.807, 2.05) is 30.3 Å². The molecule has 1 atom stereocenters. The Morgan fingerprint density at radius 1 is 0.778 bits per heavy atom. The van der Waals surface area contributed by atoms with Crippen LogP contribution in [0.3, 0.4) is 0 Å². The molecule has 3 aromatic carbocycles. The van der Waals surface area contributed by atoms with Crippen LogP contribution < -0.4 is 5.30 Å². The third-order valence-corrected chi connectivity index (χ3v) is 2.99. The molecule has 0 aliphatic rings. The molecule has 0 heterocycles. The van der Waals surface area contributed by atoms with Crippen LogP contribution in [-0.2, 0) is 17.1 Å². The van der Waals surface area contributed by atoms with E-state index in [4.69, 9.17) is 0 Å². The monoisotopic (exact) mass is 294 g/mol. The summed E-state index contributed by atoms with van der Waals surface area (Å²) in [6, 6.07) is 26.7. The van der Waals surface area contributed by atoms with Crippen molar-refractivity contribution in [1.82, 2.24) is 0 Å². The Balaban J connectivity index is 0.000000230. The summed E-state index contributed by atoms with van der Waals surface area (Å²) in [5, 5.41) is 1.25. The van der Waals surface area contributed by atoms with Crippen LogP contribution in [0.1, 0.15) is 0 Å². The van der Waals surface area contributed by atoms with Crippen molar-refractivity contribution >= 4 is 14.5 Å². The molecule has 0 saturated carbocycles. The van der Waals surface area contributed by atoms with Gasteiger partial charge in [-0.05, 0) is 0 Å². The summed E-state index contributed by atoms with van der Waals surface area (Å²) < 4.78 is 0. The third-order valence-electron chi connectivity index (χ3n) is 2.49. The maximum Gasteiger partial charge on any atom is 0 e. The van der Waals surface area contributed by atoms with Crippen molar-refractivity contribution < 1.29 is 17.1 Å². The molecular formula is C16H15FeP-6. The fraction of sp³-hybridized carbons (Fsp3) is 0. The fourth-order valence-corrected chi connectivity index (χ4v) is 2.01. The quantitative estimate of drug-likeness (QED) is 0.362. The molecule has 3 rings (SSSR count). The van der Waals surface area contributed by atoms with Gasteiger partial charge in [0.1, 0.15) is 0 Å². The average Bonchev–Trinajstić information content (AvgIpc) is 3.06. The van der Waals surface area contributed by atoms with Gasteiger partial charge in [-0.1, -0.05) is 29.1 Å². The van der Waals surface area contributed by atoms with Crippen molar-refractivity contribution in [3.8, 4) is 11.1 Å². The van der Waals surface area contributed by atoms with E-state index in [0.29, 0.717) is 0 Å². The second-order valence-electron chi connectivity index (χ2n) is 3.72. The molecule has 0 aliphatic carbocycles. The summed E-state index contributed by atoms with van der Waals surface area (Å²) >= 11 is 0. The van der Waals surface area contributed by atoms with Gasteiger partial charge in [-0.3, -0.25) is 0 Å². The van der Waals surface area contributed by atoms with Gasteiger partial charge in [-0.2, -0.15) is 12.1 Å². The Morgan fingerprint density at radius 2 is 1.28 bits per heavy atom. The van der Waals surface area contributed by atoms with Gasteiger partial charge in [0.15, 0.2) is 0 Å². The fourth-order valence-electron chi connectivity index (χ4n) is 1.63. The second-order valence-corrected chi connectivity index (χ2v) is 4.35. The van der Waals surface area contributed by atoms with Gasteiger partial charge in [-0.15, -0.1) is 33.0 Å². The van der Waals surface area contributed by atoms with Gasteiger partial charge in [0.2, 0.25) is 0 Å². The summed E-state index contributed by atoms with van der Waals surface area (Å²) in [5.41, 5.74) is 2.59. The number of hydrogen-bond acceptors (Lipinski definition) is 0. The summed E-state index contributed by atoms with van der Waals surface area (Å²) in [4.78, 5) is 0. The summed E-state index contributed by atoms with van der Waals surface area (Å²) in [7, 11) is 2.75. The van der Waals surface area contributed by atoms with Gasteiger partial charge in [-0.25, -0.2) is 0 Å². The van der Waals surface area contributed by atoms with Gasteiger partial charge in [0, 0.05) is 17.1 Å². The van der Waals surface area contributed by atoms with Gasteiger partial charge >= 0.3 is 0 Å². The van der Waals surface area contributed by atoms with Crippen LogP contribution in [0, 0.1) is 0 Å². The third kappa shape index (κ3) is 4.27. The first-order valence-corrected chi connectivity index (χ1v) is 6.19. The number of rotatable bonds is 1. The molecule has 0 bridgehead atoms. The van der Waals surface area contributed by atoms with E-state index >= 15 is 0 Å². The Bertz CT molecular complexity index is 507. The molecule has 0 aliphatic heterocycles. The van der Waals surface area contributed by atoms with E-state index in [1.54, 1.807) is 0 Å². The minimum Gasteiger partial charge on any atom is -0.748 e. The Hall–Kier alpha value is -1.13.